The number of hydrogen-bond acceptors (Lipinski definition) is 6. The maximum Gasteiger partial charge on any atom is 0.263 e. The van der Waals surface area contributed by atoms with Crippen molar-refractivity contribution in [2.75, 3.05) is 51.3 Å². The second-order valence-electron chi connectivity index (χ2n) is 16.8. The zero-order valence-electron chi connectivity index (χ0n) is 31.8. The lowest BCUT2D eigenvalue weighted by Gasteiger charge is -2.53. The summed E-state index contributed by atoms with van der Waals surface area (Å²) in [4.78, 5) is 18.7. The molecule has 7 atom stereocenters. The van der Waals surface area contributed by atoms with Crippen LogP contribution in [-0.4, -0.2) is 72.3 Å². The zero-order chi connectivity index (χ0) is 36.5. The standard InChI is InChI=1S/C43H60ClN3O4S/c1-5-6-21-43(50-4,28-46-22-19-31-10-7-8-11-34(31)25-46)38-16-13-35(38)26-47-27-42(20-9-12-32-23-36(44)15-17-37(32)42)29-51-40-18-14-33(24-39(40)47)41(48)45-52(49)30(2)3/h6,14-15,17-18,21,23-24,30-31,34-35,38H,5,7-13,16,19-20,22,25-29H2,1-4H3,(H,45,48)/b21-6+/t31?,34?,35?,38?,42-,43-,52?/m0/s1. The first-order chi connectivity index (χ1) is 25.1. The van der Waals surface area contributed by atoms with Crippen LogP contribution in [0.5, 0.6) is 5.75 Å². The van der Waals surface area contributed by atoms with Crippen LogP contribution in [0.25, 0.3) is 0 Å². The van der Waals surface area contributed by atoms with E-state index >= 15 is 0 Å². The Labute approximate surface area is 319 Å². The van der Waals surface area contributed by atoms with Crippen molar-refractivity contribution < 1.29 is 18.5 Å². The van der Waals surface area contributed by atoms with Crippen LogP contribution in [0, 0.1) is 23.7 Å². The van der Waals surface area contributed by atoms with E-state index in [1.165, 1.54) is 56.3 Å². The van der Waals surface area contributed by atoms with Crippen molar-refractivity contribution in [2.24, 2.45) is 23.7 Å². The van der Waals surface area contributed by atoms with E-state index in [-0.39, 0.29) is 22.2 Å². The van der Waals surface area contributed by atoms with Gasteiger partial charge in [0.1, 0.15) is 22.3 Å². The summed E-state index contributed by atoms with van der Waals surface area (Å²) in [5, 5.41) is 0.609. The molecule has 5 unspecified atom stereocenters. The third-order valence-corrected chi connectivity index (χ3v) is 14.8. The van der Waals surface area contributed by atoms with Crippen molar-refractivity contribution in [3.8, 4) is 5.75 Å². The average molecular weight is 750 g/mol. The number of allylic oxidation sites excluding steroid dienone is 1. The number of carbonyl (C=O) groups is 1. The fraction of sp³-hybridized carbons (Fsp3) is 0.651. The first-order valence-electron chi connectivity index (χ1n) is 20.1. The van der Waals surface area contributed by atoms with E-state index in [9.17, 15) is 9.00 Å². The van der Waals surface area contributed by atoms with E-state index in [1.54, 1.807) is 0 Å². The van der Waals surface area contributed by atoms with Crippen LogP contribution in [-0.2, 0) is 27.6 Å². The average Bonchev–Trinajstić information content (AvgIpc) is 3.28. The fourth-order valence-electron chi connectivity index (χ4n) is 10.3. The molecular weight excluding hydrogens is 690 g/mol. The van der Waals surface area contributed by atoms with Gasteiger partial charge in [0.15, 0.2) is 0 Å². The Morgan fingerprint density at radius 2 is 1.94 bits per heavy atom. The molecule has 52 heavy (non-hydrogen) atoms. The number of benzene rings is 2. The number of anilines is 1. The number of ether oxygens (including phenoxy) is 2. The quantitative estimate of drug-likeness (QED) is 0.233. The van der Waals surface area contributed by atoms with Gasteiger partial charge in [-0.05, 0) is 137 Å². The molecule has 7 rings (SSSR count). The highest BCUT2D eigenvalue weighted by Gasteiger charge is 2.50. The molecule has 9 heteroatoms. The van der Waals surface area contributed by atoms with Gasteiger partial charge in [-0.25, -0.2) is 4.21 Å². The number of carbonyl (C=O) groups excluding carboxylic acids is 1. The summed E-state index contributed by atoms with van der Waals surface area (Å²) < 4.78 is 28.8. The van der Waals surface area contributed by atoms with Gasteiger partial charge in [-0.2, -0.15) is 0 Å². The maximum atomic E-state index is 13.4. The molecule has 2 aromatic carbocycles. The van der Waals surface area contributed by atoms with Crippen LogP contribution in [0.1, 0.15) is 106 Å². The molecule has 7 nitrogen and oxygen atoms in total. The number of fused-ring (bicyclic) bond motifs is 4. The Bertz CT molecular complexity index is 1650. The lowest BCUT2D eigenvalue weighted by atomic mass is 9.63. The smallest absolute Gasteiger partial charge is 0.263 e. The topological polar surface area (TPSA) is 71.1 Å². The normalized spacial score (nSPS) is 29.3. The molecule has 1 N–H and O–H groups in total. The van der Waals surface area contributed by atoms with Gasteiger partial charge in [-0.1, -0.05) is 56.0 Å². The van der Waals surface area contributed by atoms with Crippen molar-refractivity contribution in [2.45, 2.75) is 108 Å². The summed E-state index contributed by atoms with van der Waals surface area (Å²) in [6.45, 7) is 11.4. The molecule has 1 saturated heterocycles. The molecule has 284 valence electrons. The Morgan fingerprint density at radius 3 is 2.69 bits per heavy atom. The third-order valence-electron chi connectivity index (χ3n) is 13.3. The summed E-state index contributed by atoms with van der Waals surface area (Å²) in [6.07, 6.45) is 18.0. The Hall–Kier alpha value is -2.39. The minimum atomic E-state index is -1.46. The second-order valence-corrected chi connectivity index (χ2v) is 19.0. The Kier molecular flexibility index (Phi) is 11.8. The number of nitrogens with one attached hydrogen (secondary N) is 1. The van der Waals surface area contributed by atoms with E-state index in [0.29, 0.717) is 24.0 Å². The van der Waals surface area contributed by atoms with E-state index in [2.05, 4.69) is 45.7 Å². The summed E-state index contributed by atoms with van der Waals surface area (Å²) in [5.41, 5.74) is 3.54. The van der Waals surface area contributed by atoms with Gasteiger partial charge in [0.2, 0.25) is 0 Å². The van der Waals surface area contributed by atoms with Crippen LogP contribution < -0.4 is 14.4 Å². The summed E-state index contributed by atoms with van der Waals surface area (Å²) >= 11 is 6.53. The molecule has 2 saturated carbocycles. The van der Waals surface area contributed by atoms with Crippen molar-refractivity contribution in [3.05, 3.63) is 70.3 Å². The zero-order valence-corrected chi connectivity index (χ0v) is 33.4. The lowest BCUT2D eigenvalue weighted by Crippen LogP contribution is -2.58. The molecule has 0 radical (unpaired) electrons. The number of rotatable bonds is 11. The Morgan fingerprint density at radius 1 is 1.12 bits per heavy atom. The van der Waals surface area contributed by atoms with Crippen LogP contribution in [0.4, 0.5) is 5.69 Å². The number of amides is 1. The van der Waals surface area contributed by atoms with Gasteiger partial charge in [-0.3, -0.25) is 14.4 Å². The van der Waals surface area contributed by atoms with E-state index in [0.717, 1.165) is 86.5 Å². The first kappa shape index (κ1) is 37.9. The highest BCUT2D eigenvalue weighted by atomic mass is 35.5. The van der Waals surface area contributed by atoms with E-state index in [1.807, 2.05) is 45.2 Å². The summed E-state index contributed by atoms with van der Waals surface area (Å²) in [5.74, 6) is 3.00. The highest BCUT2D eigenvalue weighted by molar-refractivity contribution is 7.84. The molecule has 0 bridgehead atoms. The van der Waals surface area contributed by atoms with E-state index in [4.69, 9.17) is 21.1 Å². The van der Waals surface area contributed by atoms with Crippen molar-refractivity contribution in [1.82, 2.24) is 9.62 Å². The number of piperidine rings is 1. The minimum absolute atomic E-state index is 0.170. The summed E-state index contributed by atoms with van der Waals surface area (Å²) in [7, 11) is 0.476. The number of methoxy groups -OCH3 is 1. The molecule has 1 spiro atoms. The molecule has 2 aliphatic heterocycles. The SMILES string of the molecule is CC/C=C/[C@@](CN1CCC2CCCCC2C1)(OC)C1CCC1CN1C[C@@]2(CCCc3cc(Cl)ccc32)COc2ccc(C(=O)NS(=O)C(C)C)cc21. The predicted octanol–water partition coefficient (Wildman–Crippen LogP) is 8.50. The highest BCUT2D eigenvalue weighted by Crippen LogP contribution is 2.49. The fourth-order valence-corrected chi connectivity index (χ4v) is 11.0. The van der Waals surface area contributed by atoms with Crippen molar-refractivity contribution >= 4 is 34.2 Å². The number of nitrogens with zero attached hydrogens (tertiary/aromatic N) is 2. The van der Waals surface area contributed by atoms with Gasteiger partial charge < -0.3 is 14.4 Å². The second kappa shape index (κ2) is 16.1. The molecule has 5 aliphatic rings. The van der Waals surface area contributed by atoms with Gasteiger partial charge in [0.25, 0.3) is 5.91 Å². The molecule has 0 aromatic heterocycles. The van der Waals surface area contributed by atoms with Gasteiger partial charge >= 0.3 is 0 Å². The maximum absolute atomic E-state index is 13.4. The van der Waals surface area contributed by atoms with Crippen LogP contribution in [0.2, 0.25) is 5.02 Å². The van der Waals surface area contributed by atoms with Crippen LogP contribution in [0.15, 0.2) is 48.6 Å². The number of aryl methyl sites for hydroxylation is 1. The minimum Gasteiger partial charge on any atom is -0.490 e. The van der Waals surface area contributed by atoms with Crippen molar-refractivity contribution in [3.63, 3.8) is 0 Å². The number of halogens is 1. The predicted molar refractivity (Wildman–Crippen MR) is 213 cm³/mol. The van der Waals surface area contributed by atoms with Crippen LogP contribution in [0.3, 0.4) is 0 Å². The van der Waals surface area contributed by atoms with Gasteiger partial charge in [-0.15, -0.1) is 0 Å². The molecule has 3 aliphatic carbocycles. The number of hydrogen-bond donors (Lipinski definition) is 1. The van der Waals surface area contributed by atoms with Crippen molar-refractivity contribution in [1.29, 1.82) is 0 Å². The van der Waals surface area contributed by atoms with Gasteiger partial charge in [0.05, 0.1) is 12.3 Å². The third kappa shape index (κ3) is 7.74. The lowest BCUT2D eigenvalue weighted by molar-refractivity contribution is -0.0987. The first-order valence-corrected chi connectivity index (χ1v) is 21.7. The largest absolute Gasteiger partial charge is 0.490 e. The summed E-state index contributed by atoms with van der Waals surface area (Å²) in [6, 6.07) is 12.1. The molecule has 2 heterocycles. The molecule has 1 amide bonds. The molecular formula is C43H60ClN3O4S. The van der Waals surface area contributed by atoms with Crippen LogP contribution >= 0.6 is 11.6 Å². The number of likely N-dealkylation sites (tertiary alicyclic amines) is 1. The van der Waals surface area contributed by atoms with E-state index < -0.39 is 11.0 Å². The Balaban J connectivity index is 1.20. The monoisotopic (exact) mass is 749 g/mol. The molecule has 2 aromatic rings. The molecule has 3 fully saturated rings. The van der Waals surface area contributed by atoms with Gasteiger partial charge in [0, 0.05) is 54.5 Å².